The number of para-hydroxylation sites is 1. The second-order valence-electron chi connectivity index (χ2n) is 7.04. The first kappa shape index (κ1) is 19.6. The molecule has 6 nitrogen and oxygen atoms in total. The fourth-order valence-corrected chi connectivity index (χ4v) is 3.50. The van der Waals surface area contributed by atoms with Gasteiger partial charge >= 0.3 is 0 Å². The molecule has 2 aromatic rings. The number of hydrogen-bond donors (Lipinski definition) is 1. The third-order valence-electron chi connectivity index (χ3n) is 5.02. The maximum atomic E-state index is 14.0. The highest BCUT2D eigenvalue weighted by molar-refractivity contribution is 5.97. The first-order chi connectivity index (χ1) is 13.5. The minimum absolute atomic E-state index is 0.0220. The topological polar surface area (TPSA) is 78.2 Å². The number of carbonyl (C=O) groups is 1. The van der Waals surface area contributed by atoms with Gasteiger partial charge < -0.3 is 15.0 Å². The summed E-state index contributed by atoms with van der Waals surface area (Å²) in [6.45, 7) is 3.23. The van der Waals surface area contributed by atoms with Crippen molar-refractivity contribution in [3.8, 4) is 11.8 Å². The van der Waals surface area contributed by atoms with Gasteiger partial charge in [0.2, 0.25) is 0 Å². The van der Waals surface area contributed by atoms with Gasteiger partial charge in [-0.1, -0.05) is 13.0 Å². The summed E-state index contributed by atoms with van der Waals surface area (Å²) in [6.07, 6.45) is 3.36. The zero-order valence-electron chi connectivity index (χ0n) is 16.0. The Morgan fingerprint density at radius 2 is 2.21 bits per heavy atom. The van der Waals surface area contributed by atoms with E-state index in [-0.39, 0.29) is 23.3 Å². The van der Waals surface area contributed by atoms with E-state index in [0.717, 1.165) is 12.8 Å². The van der Waals surface area contributed by atoms with Crippen LogP contribution in [0.5, 0.6) is 5.75 Å². The molecule has 1 aliphatic rings. The van der Waals surface area contributed by atoms with Crippen molar-refractivity contribution in [3.05, 3.63) is 53.5 Å². The number of pyridine rings is 1. The number of amides is 1. The number of piperidine rings is 1. The molecule has 0 aliphatic carbocycles. The number of carbonyl (C=O) groups excluding carboxylic acids is 1. The van der Waals surface area contributed by atoms with Gasteiger partial charge in [0, 0.05) is 25.3 Å². The van der Waals surface area contributed by atoms with Crippen LogP contribution in [0.4, 0.5) is 10.2 Å². The van der Waals surface area contributed by atoms with Crippen molar-refractivity contribution in [1.29, 1.82) is 5.26 Å². The molecule has 0 bridgehead atoms. The monoisotopic (exact) mass is 382 g/mol. The van der Waals surface area contributed by atoms with Gasteiger partial charge in [0.1, 0.15) is 11.9 Å². The Balaban J connectivity index is 1.77. The first-order valence-corrected chi connectivity index (χ1v) is 9.27. The number of anilines is 1. The molecule has 0 spiro atoms. The van der Waals surface area contributed by atoms with E-state index >= 15 is 0 Å². The number of likely N-dealkylation sites (tertiary alicyclic amines) is 1. The molecule has 0 saturated carbocycles. The average molecular weight is 382 g/mol. The van der Waals surface area contributed by atoms with Crippen LogP contribution in [0.1, 0.15) is 35.7 Å². The fraction of sp³-hybridized carbons (Fsp3) is 0.381. The number of halogens is 1. The molecular weight excluding hydrogens is 359 g/mol. The van der Waals surface area contributed by atoms with Gasteiger partial charge in [0.05, 0.1) is 18.2 Å². The van der Waals surface area contributed by atoms with Crippen LogP contribution < -0.4 is 10.1 Å². The van der Waals surface area contributed by atoms with Gasteiger partial charge in [0.25, 0.3) is 5.91 Å². The SMILES string of the molecule is COc1c(F)cccc1C(=O)N1CC(C)CCC1CNc1ccc(C#N)cn1. The van der Waals surface area contributed by atoms with E-state index < -0.39 is 5.82 Å². The molecular formula is C21H23FN4O2. The lowest BCUT2D eigenvalue weighted by molar-refractivity contribution is 0.0561. The predicted molar refractivity (Wildman–Crippen MR) is 104 cm³/mol. The second-order valence-corrected chi connectivity index (χ2v) is 7.04. The third-order valence-corrected chi connectivity index (χ3v) is 5.02. The van der Waals surface area contributed by atoms with Gasteiger partial charge in [-0.3, -0.25) is 4.79 Å². The molecule has 1 aromatic heterocycles. The van der Waals surface area contributed by atoms with Crippen molar-refractivity contribution in [3.63, 3.8) is 0 Å². The fourth-order valence-electron chi connectivity index (χ4n) is 3.50. The molecule has 2 heterocycles. The van der Waals surface area contributed by atoms with Crippen LogP contribution in [-0.4, -0.2) is 42.0 Å². The Bertz CT molecular complexity index is 879. The average Bonchev–Trinajstić information content (AvgIpc) is 2.72. The highest BCUT2D eigenvalue weighted by Gasteiger charge is 2.32. The Morgan fingerprint density at radius 1 is 1.39 bits per heavy atom. The molecule has 1 aliphatic heterocycles. The lowest BCUT2D eigenvalue weighted by atomic mass is 9.93. The van der Waals surface area contributed by atoms with Crippen LogP contribution >= 0.6 is 0 Å². The smallest absolute Gasteiger partial charge is 0.258 e. The molecule has 7 heteroatoms. The third kappa shape index (κ3) is 4.22. The van der Waals surface area contributed by atoms with Crippen molar-refractivity contribution in [2.24, 2.45) is 5.92 Å². The van der Waals surface area contributed by atoms with E-state index in [2.05, 4.69) is 17.2 Å². The van der Waals surface area contributed by atoms with Crippen LogP contribution in [0.25, 0.3) is 0 Å². The molecule has 1 saturated heterocycles. The molecule has 146 valence electrons. The van der Waals surface area contributed by atoms with Gasteiger partial charge in [-0.2, -0.15) is 5.26 Å². The summed E-state index contributed by atoms with van der Waals surface area (Å²) >= 11 is 0. The maximum absolute atomic E-state index is 14.0. The van der Waals surface area contributed by atoms with E-state index in [4.69, 9.17) is 10.00 Å². The summed E-state index contributed by atoms with van der Waals surface area (Å²) in [7, 11) is 1.36. The Kier molecular flexibility index (Phi) is 6.09. The van der Waals surface area contributed by atoms with Crippen LogP contribution in [0.2, 0.25) is 0 Å². The molecule has 28 heavy (non-hydrogen) atoms. The molecule has 0 radical (unpaired) electrons. The van der Waals surface area contributed by atoms with Crippen molar-refractivity contribution in [2.75, 3.05) is 25.5 Å². The van der Waals surface area contributed by atoms with Gasteiger partial charge in [-0.05, 0) is 43.0 Å². The summed E-state index contributed by atoms with van der Waals surface area (Å²) in [5.74, 6) is 0.213. The predicted octanol–water partition coefficient (Wildman–Crippen LogP) is 3.45. The number of nitrogens with zero attached hydrogens (tertiary/aromatic N) is 3. The molecule has 3 rings (SSSR count). The van der Waals surface area contributed by atoms with Crippen LogP contribution in [0.3, 0.4) is 0 Å². The number of nitrogens with one attached hydrogen (secondary N) is 1. The number of aromatic nitrogens is 1. The number of hydrogen-bond acceptors (Lipinski definition) is 5. The highest BCUT2D eigenvalue weighted by Crippen LogP contribution is 2.28. The number of nitriles is 1. The standard InChI is InChI=1S/C21H23FN4O2/c1-14-6-8-16(12-25-19-9-7-15(10-23)11-24-19)26(13-14)21(27)17-4-3-5-18(22)20(17)28-2/h3-5,7,9,11,14,16H,6,8,12-13H2,1-2H3,(H,24,25). The first-order valence-electron chi connectivity index (χ1n) is 9.27. The van der Waals surface area contributed by atoms with Crippen molar-refractivity contribution in [2.45, 2.75) is 25.8 Å². The van der Waals surface area contributed by atoms with Crippen molar-refractivity contribution in [1.82, 2.24) is 9.88 Å². The number of benzene rings is 1. The van der Waals surface area contributed by atoms with Crippen LogP contribution in [-0.2, 0) is 0 Å². The lowest BCUT2D eigenvalue weighted by Crippen LogP contribution is -2.49. The molecule has 1 aromatic carbocycles. The Morgan fingerprint density at radius 3 is 2.89 bits per heavy atom. The van der Waals surface area contributed by atoms with Gasteiger partial charge in [0.15, 0.2) is 11.6 Å². The molecule has 1 fully saturated rings. The molecule has 1 amide bonds. The van der Waals surface area contributed by atoms with Crippen LogP contribution in [0, 0.1) is 23.1 Å². The molecule has 2 unspecified atom stereocenters. The zero-order chi connectivity index (χ0) is 20.1. The van der Waals surface area contributed by atoms with E-state index in [9.17, 15) is 9.18 Å². The van der Waals surface area contributed by atoms with E-state index in [1.165, 1.54) is 25.4 Å². The number of rotatable bonds is 5. The lowest BCUT2D eigenvalue weighted by Gasteiger charge is -2.39. The number of methoxy groups -OCH3 is 1. The summed E-state index contributed by atoms with van der Waals surface area (Å²) < 4.78 is 19.2. The van der Waals surface area contributed by atoms with E-state index in [0.29, 0.717) is 30.4 Å². The normalized spacial score (nSPS) is 19.0. The quantitative estimate of drug-likeness (QED) is 0.857. The zero-order valence-corrected chi connectivity index (χ0v) is 16.0. The maximum Gasteiger partial charge on any atom is 0.258 e. The summed E-state index contributed by atoms with van der Waals surface area (Å²) in [5, 5.41) is 12.1. The van der Waals surface area contributed by atoms with Crippen LogP contribution in [0.15, 0.2) is 36.5 Å². The van der Waals surface area contributed by atoms with E-state index in [1.54, 1.807) is 23.1 Å². The Labute approximate surface area is 163 Å². The molecule has 2 atom stereocenters. The second kappa shape index (κ2) is 8.70. The Hall–Kier alpha value is -3.14. The minimum Gasteiger partial charge on any atom is -0.493 e. The largest absolute Gasteiger partial charge is 0.493 e. The highest BCUT2D eigenvalue weighted by atomic mass is 19.1. The minimum atomic E-state index is -0.546. The summed E-state index contributed by atoms with van der Waals surface area (Å²) in [5.41, 5.74) is 0.727. The van der Waals surface area contributed by atoms with E-state index in [1.807, 2.05) is 6.07 Å². The van der Waals surface area contributed by atoms with Crippen molar-refractivity contribution < 1.29 is 13.9 Å². The molecule has 1 N–H and O–H groups in total. The summed E-state index contributed by atoms with van der Waals surface area (Å²) in [6, 6.07) is 9.82. The number of ether oxygens (including phenoxy) is 1. The van der Waals surface area contributed by atoms with Crippen molar-refractivity contribution >= 4 is 11.7 Å². The van der Waals surface area contributed by atoms with Gasteiger partial charge in [-0.15, -0.1) is 0 Å². The summed E-state index contributed by atoms with van der Waals surface area (Å²) in [4.78, 5) is 19.2. The van der Waals surface area contributed by atoms with Gasteiger partial charge in [-0.25, -0.2) is 9.37 Å².